The van der Waals surface area contributed by atoms with Gasteiger partial charge in [0.1, 0.15) is 0 Å². The lowest BCUT2D eigenvalue weighted by Crippen LogP contribution is -2.52. The van der Waals surface area contributed by atoms with Gasteiger partial charge in [-0.15, -0.1) is 0 Å². The van der Waals surface area contributed by atoms with E-state index >= 15 is 0 Å². The average molecular weight is 337 g/mol. The first-order chi connectivity index (χ1) is 11.1. The van der Waals surface area contributed by atoms with E-state index in [4.69, 9.17) is 4.74 Å². The van der Waals surface area contributed by atoms with E-state index in [2.05, 4.69) is 34.3 Å². The normalized spacial score (nSPS) is 36.8. The SMILES string of the molecule is C=C1[C@H](O)C[C@H]2C(C)(C)CCC[C@]2(C)[C@H]1CC[C@H](C)CC(=O)OC. The van der Waals surface area contributed by atoms with Crippen molar-refractivity contribution in [1.29, 1.82) is 0 Å². The van der Waals surface area contributed by atoms with Crippen LogP contribution >= 0.6 is 0 Å². The third kappa shape index (κ3) is 3.71. The summed E-state index contributed by atoms with van der Waals surface area (Å²) < 4.78 is 4.79. The van der Waals surface area contributed by atoms with Crippen LogP contribution < -0.4 is 0 Å². The number of ether oxygens (including phenoxy) is 1. The Bertz CT molecular complexity index is 481. The van der Waals surface area contributed by atoms with E-state index in [0.29, 0.717) is 24.2 Å². The van der Waals surface area contributed by atoms with Crippen LogP contribution in [0.15, 0.2) is 12.2 Å². The first-order valence-electron chi connectivity index (χ1n) is 9.55. The molecule has 0 saturated heterocycles. The quantitative estimate of drug-likeness (QED) is 0.583. The number of carbonyl (C=O) groups excluding carboxylic acids is 1. The third-order valence-electron chi connectivity index (χ3n) is 7.10. The van der Waals surface area contributed by atoms with Gasteiger partial charge in [0.25, 0.3) is 0 Å². The van der Waals surface area contributed by atoms with Gasteiger partial charge in [0.15, 0.2) is 0 Å². The second-order valence-electron chi connectivity index (χ2n) is 9.24. The highest BCUT2D eigenvalue weighted by molar-refractivity contribution is 5.69. The smallest absolute Gasteiger partial charge is 0.305 e. The zero-order valence-electron chi connectivity index (χ0n) is 16.2. The van der Waals surface area contributed by atoms with E-state index < -0.39 is 0 Å². The van der Waals surface area contributed by atoms with E-state index in [9.17, 15) is 9.90 Å². The van der Waals surface area contributed by atoms with Crippen molar-refractivity contribution in [3.63, 3.8) is 0 Å². The molecule has 0 spiro atoms. The molecule has 2 fully saturated rings. The van der Waals surface area contributed by atoms with Crippen molar-refractivity contribution < 1.29 is 14.6 Å². The van der Waals surface area contributed by atoms with E-state index in [1.54, 1.807) is 0 Å². The molecule has 2 aliphatic carbocycles. The number of fused-ring (bicyclic) bond motifs is 1. The molecule has 1 N–H and O–H groups in total. The maximum atomic E-state index is 11.5. The lowest BCUT2D eigenvalue weighted by atomic mass is 9.46. The third-order valence-corrected chi connectivity index (χ3v) is 7.10. The maximum Gasteiger partial charge on any atom is 0.305 e. The molecule has 0 amide bonds. The molecule has 0 aromatic heterocycles. The Hall–Kier alpha value is -0.830. The number of rotatable bonds is 5. The van der Waals surface area contributed by atoms with Gasteiger partial charge in [-0.2, -0.15) is 0 Å². The highest BCUT2D eigenvalue weighted by Crippen LogP contribution is 2.61. The molecule has 2 rings (SSSR count). The summed E-state index contributed by atoms with van der Waals surface area (Å²) in [5.41, 5.74) is 1.53. The molecule has 0 aromatic carbocycles. The largest absolute Gasteiger partial charge is 0.469 e. The Morgan fingerprint density at radius 1 is 1.38 bits per heavy atom. The molecule has 0 unspecified atom stereocenters. The molecule has 0 aromatic rings. The minimum absolute atomic E-state index is 0.132. The molecule has 0 heterocycles. The van der Waals surface area contributed by atoms with Crippen molar-refractivity contribution in [2.45, 2.75) is 78.7 Å². The summed E-state index contributed by atoms with van der Waals surface area (Å²) in [6.45, 7) is 13.5. The average Bonchev–Trinajstić information content (AvgIpc) is 2.49. The van der Waals surface area contributed by atoms with Crippen LogP contribution in [0.25, 0.3) is 0 Å². The minimum atomic E-state index is -0.374. The van der Waals surface area contributed by atoms with Gasteiger partial charge < -0.3 is 9.84 Å². The van der Waals surface area contributed by atoms with Crippen molar-refractivity contribution >= 4 is 5.97 Å². The number of esters is 1. The molecule has 5 atom stereocenters. The van der Waals surface area contributed by atoms with Crippen LogP contribution in [0.2, 0.25) is 0 Å². The zero-order valence-corrected chi connectivity index (χ0v) is 16.2. The number of hydrogen-bond acceptors (Lipinski definition) is 3. The van der Waals surface area contributed by atoms with Gasteiger partial charge >= 0.3 is 5.97 Å². The van der Waals surface area contributed by atoms with Crippen LogP contribution in [-0.4, -0.2) is 24.3 Å². The standard InChI is InChI=1S/C21H36O3/c1-14(12-19(23)24-6)8-9-16-15(2)17(22)13-18-20(3,4)10-7-11-21(16,18)5/h14,16-18,22H,2,7-13H2,1,3-6H3/t14-,16-,17+,18-,21+/m0/s1. The van der Waals surface area contributed by atoms with Gasteiger partial charge in [-0.05, 0) is 66.3 Å². The first-order valence-corrected chi connectivity index (χ1v) is 9.55. The Morgan fingerprint density at radius 2 is 2.04 bits per heavy atom. The molecule has 24 heavy (non-hydrogen) atoms. The number of methoxy groups -OCH3 is 1. The van der Waals surface area contributed by atoms with Crippen molar-refractivity contribution in [1.82, 2.24) is 0 Å². The van der Waals surface area contributed by atoms with Crippen molar-refractivity contribution in [3.05, 3.63) is 12.2 Å². The molecule has 3 nitrogen and oxygen atoms in total. The van der Waals surface area contributed by atoms with Gasteiger partial charge in [0, 0.05) is 6.42 Å². The number of aliphatic hydroxyl groups excluding tert-OH is 1. The summed E-state index contributed by atoms with van der Waals surface area (Å²) in [4.78, 5) is 11.5. The van der Waals surface area contributed by atoms with E-state index in [1.807, 2.05) is 0 Å². The highest BCUT2D eigenvalue weighted by Gasteiger charge is 2.54. The number of carbonyl (C=O) groups is 1. The van der Waals surface area contributed by atoms with Gasteiger partial charge in [0.2, 0.25) is 0 Å². The second kappa shape index (κ2) is 7.19. The molecular weight excluding hydrogens is 300 g/mol. The molecule has 0 bridgehead atoms. The molecule has 2 aliphatic rings. The Labute approximate surface area is 147 Å². The van der Waals surface area contributed by atoms with Crippen molar-refractivity contribution in [2.75, 3.05) is 7.11 Å². The summed E-state index contributed by atoms with van der Waals surface area (Å²) >= 11 is 0. The molecule has 2 saturated carbocycles. The molecular formula is C21H36O3. The predicted molar refractivity (Wildman–Crippen MR) is 97.5 cm³/mol. The minimum Gasteiger partial charge on any atom is -0.469 e. The second-order valence-corrected chi connectivity index (χ2v) is 9.24. The first kappa shape index (κ1) is 19.5. The van der Waals surface area contributed by atoms with Crippen LogP contribution in [0.3, 0.4) is 0 Å². The summed E-state index contributed by atoms with van der Waals surface area (Å²) in [6.07, 6.45) is 6.69. The van der Waals surface area contributed by atoms with Gasteiger partial charge in [0.05, 0.1) is 13.2 Å². The zero-order chi connectivity index (χ0) is 18.1. The van der Waals surface area contributed by atoms with Crippen molar-refractivity contribution in [2.24, 2.45) is 28.6 Å². The molecule has 138 valence electrons. The maximum absolute atomic E-state index is 11.5. The lowest BCUT2D eigenvalue weighted by molar-refractivity contribution is -0.141. The van der Waals surface area contributed by atoms with Gasteiger partial charge in [-0.3, -0.25) is 4.79 Å². The highest BCUT2D eigenvalue weighted by atomic mass is 16.5. The fourth-order valence-corrected chi connectivity index (χ4v) is 5.64. The van der Waals surface area contributed by atoms with E-state index in [1.165, 1.54) is 26.4 Å². The molecule has 3 heteroatoms. The Morgan fingerprint density at radius 3 is 2.67 bits per heavy atom. The Balaban J connectivity index is 2.13. The van der Waals surface area contributed by atoms with Crippen LogP contribution in [-0.2, 0) is 9.53 Å². The molecule has 0 radical (unpaired) electrons. The fourth-order valence-electron chi connectivity index (χ4n) is 5.64. The van der Waals surface area contributed by atoms with Gasteiger partial charge in [-0.25, -0.2) is 0 Å². The molecule has 0 aliphatic heterocycles. The topological polar surface area (TPSA) is 46.5 Å². The number of aliphatic hydroxyl groups is 1. The van der Waals surface area contributed by atoms with Crippen molar-refractivity contribution in [3.8, 4) is 0 Å². The van der Waals surface area contributed by atoms with E-state index in [-0.39, 0.29) is 22.9 Å². The van der Waals surface area contributed by atoms with Gasteiger partial charge in [-0.1, -0.05) is 40.7 Å². The van der Waals surface area contributed by atoms with Crippen LogP contribution in [0.5, 0.6) is 0 Å². The summed E-state index contributed by atoms with van der Waals surface area (Å²) in [5, 5.41) is 10.6. The summed E-state index contributed by atoms with van der Waals surface area (Å²) in [7, 11) is 1.45. The fraction of sp³-hybridized carbons (Fsp3) is 0.857. The van der Waals surface area contributed by atoms with Crippen LogP contribution in [0, 0.1) is 28.6 Å². The monoisotopic (exact) mass is 336 g/mol. The van der Waals surface area contributed by atoms with E-state index in [0.717, 1.165) is 24.8 Å². The van der Waals surface area contributed by atoms with Crippen LogP contribution in [0.1, 0.15) is 72.6 Å². The summed E-state index contributed by atoms with van der Waals surface area (Å²) in [5.74, 6) is 1.07. The lowest BCUT2D eigenvalue weighted by Gasteiger charge is -2.59. The number of hydrogen-bond donors (Lipinski definition) is 1. The predicted octanol–water partition coefficient (Wildman–Crippen LogP) is 4.74. The Kier molecular flexibility index (Phi) is 5.84. The van der Waals surface area contributed by atoms with Crippen LogP contribution in [0.4, 0.5) is 0 Å². The summed E-state index contributed by atoms with van der Waals surface area (Å²) in [6, 6.07) is 0.